The number of nitrogens with zero attached hydrogens (tertiary/aromatic N) is 1. The summed E-state index contributed by atoms with van der Waals surface area (Å²) in [6.45, 7) is 7.23. The van der Waals surface area contributed by atoms with Crippen molar-refractivity contribution < 1.29 is 0 Å². The van der Waals surface area contributed by atoms with Crippen LogP contribution in [0.1, 0.15) is 31.7 Å². The van der Waals surface area contributed by atoms with Crippen molar-refractivity contribution in [1.82, 2.24) is 4.90 Å². The van der Waals surface area contributed by atoms with Gasteiger partial charge in [-0.25, -0.2) is 0 Å². The summed E-state index contributed by atoms with van der Waals surface area (Å²) in [5, 5.41) is 3.60. The minimum atomic E-state index is 0.773. The Morgan fingerprint density at radius 1 is 1.16 bits per heavy atom. The smallest absolute Gasteiger partial charge is 0.0372 e. The van der Waals surface area contributed by atoms with E-state index in [2.05, 4.69) is 41.4 Å². The molecule has 1 N–H and O–H groups in total. The van der Waals surface area contributed by atoms with E-state index < -0.39 is 0 Å². The largest absolute Gasteiger partial charge is 0.384 e. The molecule has 1 heterocycles. The van der Waals surface area contributed by atoms with Crippen LogP contribution in [0.15, 0.2) is 24.3 Å². The molecule has 0 bridgehead atoms. The maximum absolute atomic E-state index is 3.60. The lowest BCUT2D eigenvalue weighted by Crippen LogP contribution is -2.39. The first kappa shape index (κ1) is 13.0. The fourth-order valence-corrected chi connectivity index (χ4v) is 3.38. The van der Waals surface area contributed by atoms with Crippen LogP contribution in [0.5, 0.6) is 0 Å². The minimum absolute atomic E-state index is 0.773. The molecule has 0 saturated heterocycles. The molecule has 0 radical (unpaired) electrons. The molecule has 0 aromatic heterocycles. The first-order valence-corrected chi connectivity index (χ1v) is 7.89. The molecule has 2 aliphatic rings. The van der Waals surface area contributed by atoms with E-state index in [1.807, 2.05) is 0 Å². The van der Waals surface area contributed by atoms with E-state index >= 15 is 0 Å². The second-order valence-electron chi connectivity index (χ2n) is 6.26. The lowest BCUT2D eigenvalue weighted by atomic mass is 9.84. The highest BCUT2D eigenvalue weighted by Gasteiger charge is 2.23. The molecule has 1 atom stereocenters. The summed E-state index contributed by atoms with van der Waals surface area (Å²) in [5.41, 5.74) is 2.85. The van der Waals surface area contributed by atoms with Gasteiger partial charge in [-0.1, -0.05) is 31.5 Å². The van der Waals surface area contributed by atoms with Gasteiger partial charge in [0.2, 0.25) is 0 Å². The number of hydrogen-bond donors (Lipinski definition) is 1. The van der Waals surface area contributed by atoms with Crippen molar-refractivity contribution >= 4 is 5.69 Å². The van der Waals surface area contributed by atoms with Crippen molar-refractivity contribution in [1.29, 1.82) is 0 Å². The Labute approximate surface area is 117 Å². The van der Waals surface area contributed by atoms with Gasteiger partial charge >= 0.3 is 0 Å². The molecular weight excluding hydrogens is 232 g/mol. The summed E-state index contributed by atoms with van der Waals surface area (Å²) < 4.78 is 0. The quantitative estimate of drug-likeness (QED) is 0.871. The summed E-state index contributed by atoms with van der Waals surface area (Å²) in [6.07, 6.45) is 5.62. The van der Waals surface area contributed by atoms with E-state index in [-0.39, 0.29) is 0 Å². The van der Waals surface area contributed by atoms with Crippen molar-refractivity contribution in [3.05, 3.63) is 29.8 Å². The molecule has 1 saturated carbocycles. The zero-order chi connectivity index (χ0) is 13.1. The van der Waals surface area contributed by atoms with Gasteiger partial charge in [-0.15, -0.1) is 0 Å². The second kappa shape index (κ2) is 5.96. The molecule has 3 rings (SSSR count). The predicted molar refractivity (Wildman–Crippen MR) is 81.6 cm³/mol. The topological polar surface area (TPSA) is 15.3 Å². The average Bonchev–Trinajstić information content (AvgIpc) is 2.41. The third kappa shape index (κ3) is 3.11. The van der Waals surface area contributed by atoms with Crippen LogP contribution >= 0.6 is 0 Å². The first-order chi connectivity index (χ1) is 9.35. The van der Waals surface area contributed by atoms with E-state index in [1.165, 1.54) is 56.6 Å². The van der Waals surface area contributed by atoms with Gasteiger partial charge in [0.1, 0.15) is 0 Å². The highest BCUT2D eigenvalue weighted by Crippen LogP contribution is 2.28. The zero-order valence-electron chi connectivity index (χ0n) is 12.1. The summed E-state index contributed by atoms with van der Waals surface area (Å²) in [4.78, 5) is 2.67. The molecule has 2 heteroatoms. The van der Waals surface area contributed by atoms with Gasteiger partial charge in [0.15, 0.2) is 0 Å². The Hall–Kier alpha value is -1.02. The highest BCUT2D eigenvalue weighted by molar-refractivity contribution is 5.53. The number of anilines is 1. The van der Waals surface area contributed by atoms with E-state index in [9.17, 15) is 0 Å². The van der Waals surface area contributed by atoms with Crippen LogP contribution in [0, 0.1) is 11.8 Å². The van der Waals surface area contributed by atoms with E-state index in [0.29, 0.717) is 0 Å². The highest BCUT2D eigenvalue weighted by atomic mass is 15.1. The van der Waals surface area contributed by atoms with Gasteiger partial charge in [0, 0.05) is 25.3 Å². The summed E-state index contributed by atoms with van der Waals surface area (Å²) in [7, 11) is 0. The van der Waals surface area contributed by atoms with Crippen LogP contribution < -0.4 is 5.32 Å². The first-order valence-electron chi connectivity index (χ1n) is 7.89. The fraction of sp³-hybridized carbons (Fsp3) is 0.647. The second-order valence-corrected chi connectivity index (χ2v) is 6.26. The Morgan fingerprint density at radius 3 is 2.68 bits per heavy atom. The van der Waals surface area contributed by atoms with Crippen LogP contribution in [0.2, 0.25) is 0 Å². The van der Waals surface area contributed by atoms with Crippen molar-refractivity contribution in [3.8, 4) is 0 Å². The third-order valence-electron chi connectivity index (χ3n) is 4.81. The molecular formula is C17H26N2. The SMILES string of the molecule is CCN(CC1CCC1)CC1CNc2ccccc2C1. The maximum atomic E-state index is 3.60. The molecule has 1 aliphatic heterocycles. The molecule has 2 nitrogen and oxygen atoms in total. The van der Waals surface area contributed by atoms with Crippen molar-refractivity contribution in [2.45, 2.75) is 32.6 Å². The van der Waals surface area contributed by atoms with E-state index in [0.717, 1.165) is 18.4 Å². The van der Waals surface area contributed by atoms with E-state index in [4.69, 9.17) is 0 Å². The molecule has 104 valence electrons. The number of fused-ring (bicyclic) bond motifs is 1. The maximum Gasteiger partial charge on any atom is 0.0372 e. The predicted octanol–water partition coefficient (Wildman–Crippen LogP) is 3.39. The molecule has 1 aliphatic carbocycles. The number of benzene rings is 1. The van der Waals surface area contributed by atoms with Crippen LogP contribution in [0.4, 0.5) is 5.69 Å². The van der Waals surface area contributed by atoms with Crippen molar-refractivity contribution in [3.63, 3.8) is 0 Å². The normalized spacial score (nSPS) is 22.7. The van der Waals surface area contributed by atoms with Crippen LogP contribution in [-0.4, -0.2) is 31.1 Å². The molecule has 0 spiro atoms. The van der Waals surface area contributed by atoms with Gasteiger partial charge in [-0.3, -0.25) is 0 Å². The van der Waals surface area contributed by atoms with Crippen molar-refractivity contribution in [2.24, 2.45) is 11.8 Å². The van der Waals surface area contributed by atoms with Crippen molar-refractivity contribution in [2.75, 3.05) is 31.5 Å². The lowest BCUT2D eigenvalue weighted by Gasteiger charge is -2.35. The average molecular weight is 258 g/mol. The molecule has 1 aromatic rings. The van der Waals surface area contributed by atoms with Crippen LogP contribution in [0.3, 0.4) is 0 Å². The molecule has 0 amide bonds. The minimum Gasteiger partial charge on any atom is -0.384 e. The van der Waals surface area contributed by atoms with E-state index in [1.54, 1.807) is 0 Å². The van der Waals surface area contributed by atoms with Gasteiger partial charge in [0.05, 0.1) is 0 Å². The van der Waals surface area contributed by atoms with Crippen LogP contribution in [0.25, 0.3) is 0 Å². The molecule has 1 unspecified atom stereocenters. The third-order valence-corrected chi connectivity index (χ3v) is 4.81. The Morgan fingerprint density at radius 2 is 1.95 bits per heavy atom. The number of para-hydroxylation sites is 1. The summed E-state index contributed by atoms with van der Waals surface area (Å²) in [6, 6.07) is 8.77. The molecule has 1 fully saturated rings. The Kier molecular flexibility index (Phi) is 4.07. The zero-order valence-corrected chi connectivity index (χ0v) is 12.1. The fourth-order valence-electron chi connectivity index (χ4n) is 3.38. The molecule has 1 aromatic carbocycles. The lowest BCUT2D eigenvalue weighted by molar-refractivity contribution is 0.164. The molecule has 19 heavy (non-hydrogen) atoms. The van der Waals surface area contributed by atoms with Gasteiger partial charge in [0.25, 0.3) is 0 Å². The number of nitrogens with one attached hydrogen (secondary N) is 1. The number of hydrogen-bond acceptors (Lipinski definition) is 2. The van der Waals surface area contributed by atoms with Gasteiger partial charge in [-0.05, 0) is 49.3 Å². The Bertz CT molecular complexity index is 411. The van der Waals surface area contributed by atoms with Crippen LogP contribution in [-0.2, 0) is 6.42 Å². The monoisotopic (exact) mass is 258 g/mol. The van der Waals surface area contributed by atoms with Gasteiger partial charge in [-0.2, -0.15) is 0 Å². The number of rotatable bonds is 5. The summed E-state index contributed by atoms with van der Waals surface area (Å²) >= 11 is 0. The van der Waals surface area contributed by atoms with Gasteiger partial charge < -0.3 is 10.2 Å². The standard InChI is InChI=1S/C17H26N2/c1-2-19(12-14-6-5-7-14)13-15-10-16-8-3-4-9-17(16)18-11-15/h3-4,8-9,14-15,18H,2,5-7,10-13H2,1H3. The Balaban J connectivity index is 1.55. The summed E-state index contributed by atoms with van der Waals surface area (Å²) in [5.74, 6) is 1.76.